The number of rotatable bonds is 11. The maximum Gasteiger partial charge on any atom is 0.250 e. The summed E-state index contributed by atoms with van der Waals surface area (Å²) >= 11 is 0. The van der Waals surface area contributed by atoms with E-state index in [1.165, 1.54) is 0 Å². The van der Waals surface area contributed by atoms with Crippen LogP contribution in [0, 0.1) is 0 Å². The van der Waals surface area contributed by atoms with Gasteiger partial charge in [0.15, 0.2) is 5.82 Å². The molecule has 0 saturated heterocycles. The first-order valence-electron chi connectivity index (χ1n) is 18.3. The van der Waals surface area contributed by atoms with Crippen LogP contribution in [-0.2, 0) is 11.2 Å². The minimum atomic E-state index is -2.02. The predicted octanol–water partition coefficient (Wildman–Crippen LogP) is 12.1. The molecule has 4 rings (SSSR count). The van der Waals surface area contributed by atoms with Crippen LogP contribution < -0.4 is 18.6 Å². The number of amides is 1. The number of anilines is 1. The molecule has 0 aliphatic rings. The van der Waals surface area contributed by atoms with E-state index in [0.29, 0.717) is 17.2 Å². The van der Waals surface area contributed by atoms with Crippen molar-refractivity contribution in [3.05, 3.63) is 84.6 Å². The van der Waals surface area contributed by atoms with Gasteiger partial charge in [0.2, 0.25) is 30.9 Å². The lowest BCUT2D eigenvalue weighted by molar-refractivity contribution is -0.115. The molecule has 7 nitrogen and oxygen atoms in total. The van der Waals surface area contributed by atoms with Crippen LogP contribution in [0.4, 0.5) is 5.82 Å². The lowest BCUT2D eigenvalue weighted by Crippen LogP contribution is -2.43. The fraction of sp³-hybridized carbons (Fsp3) is 0.452. The second-order valence-electron chi connectivity index (χ2n) is 18.5. The van der Waals surface area contributed by atoms with E-state index in [4.69, 9.17) is 23.2 Å². The van der Waals surface area contributed by atoms with Crippen LogP contribution in [0.25, 0.3) is 22.5 Å². The summed E-state index contributed by atoms with van der Waals surface area (Å²) < 4.78 is 19.5. The zero-order valence-electron chi connectivity index (χ0n) is 34.2. The maximum atomic E-state index is 13.5. The van der Waals surface area contributed by atoms with Gasteiger partial charge in [-0.3, -0.25) is 4.79 Å². The van der Waals surface area contributed by atoms with Gasteiger partial charge in [0.1, 0.15) is 22.9 Å². The molecule has 0 atom stereocenters. The van der Waals surface area contributed by atoms with Gasteiger partial charge in [0.25, 0.3) is 0 Å². The van der Waals surface area contributed by atoms with Crippen LogP contribution in [0.5, 0.6) is 17.2 Å². The average Bonchev–Trinajstić information content (AvgIpc) is 3.01. The third-order valence-electron chi connectivity index (χ3n) is 11.1. The van der Waals surface area contributed by atoms with Gasteiger partial charge in [-0.05, 0) is 121 Å². The van der Waals surface area contributed by atoms with Crippen LogP contribution in [0.1, 0.15) is 67.9 Å². The Morgan fingerprint density at radius 3 is 1.33 bits per heavy atom. The molecule has 0 bridgehead atoms. The quantitative estimate of drug-likeness (QED) is 0.154. The molecule has 0 saturated carbocycles. The minimum absolute atomic E-state index is 0.0757. The Balaban J connectivity index is 1.61. The lowest BCUT2D eigenvalue weighted by atomic mass is 10.1. The van der Waals surface area contributed by atoms with Crippen LogP contribution in [0.2, 0.25) is 54.4 Å². The Bertz CT molecular complexity index is 1830. The number of nitrogens with zero attached hydrogens (tertiary/aromatic N) is 2. The molecule has 0 fully saturated rings. The highest BCUT2D eigenvalue weighted by Gasteiger charge is 2.40. The molecular formula is C42H61N3O4Si3. The Hall–Kier alpha value is -3.74. The summed E-state index contributed by atoms with van der Waals surface area (Å²) in [6.45, 7) is 33.5. The lowest BCUT2D eigenvalue weighted by Gasteiger charge is -2.36. The number of carbonyl (C=O) groups is 1. The van der Waals surface area contributed by atoms with Crippen molar-refractivity contribution in [3.8, 4) is 39.8 Å². The number of aromatic nitrogens is 2. The number of carbonyl (C=O) groups excluding carboxylic acids is 1. The number of benzene rings is 3. The fourth-order valence-electron chi connectivity index (χ4n) is 4.58. The third kappa shape index (κ3) is 10.0. The molecule has 1 aromatic heterocycles. The molecule has 1 amide bonds. The first kappa shape index (κ1) is 41.0. The predicted molar refractivity (Wildman–Crippen MR) is 225 cm³/mol. The molecule has 52 heavy (non-hydrogen) atoms. The first-order valence-corrected chi connectivity index (χ1v) is 27.0. The monoisotopic (exact) mass is 755 g/mol. The highest BCUT2D eigenvalue weighted by Crippen LogP contribution is 2.40. The van der Waals surface area contributed by atoms with Crippen molar-refractivity contribution in [2.45, 2.75) is 123 Å². The van der Waals surface area contributed by atoms with E-state index in [1.807, 2.05) is 72.8 Å². The molecule has 10 heteroatoms. The second-order valence-corrected chi connectivity index (χ2v) is 32.6. The van der Waals surface area contributed by atoms with E-state index in [0.717, 1.165) is 33.9 Å². The van der Waals surface area contributed by atoms with E-state index in [2.05, 4.69) is 107 Å². The fourth-order valence-corrected chi connectivity index (χ4v) is 7.67. The van der Waals surface area contributed by atoms with Crippen LogP contribution in [-0.4, -0.2) is 40.8 Å². The standard InChI is InChI=1S/C42H61N3O4Si3/c1-40(2,3)50(10,11)47-33-22-16-30(17-23-33)28-37(46)45-39-38(32-20-26-35(27-21-32)49-52(14,15)42(7,8)9)44-36(29-43-39)31-18-24-34(25-19-31)48-51(12,13)41(4,5)6/h16-27,29H,28H2,1-15H3,(H,43,45,46). The molecule has 0 aliphatic carbocycles. The summed E-state index contributed by atoms with van der Waals surface area (Å²) in [5, 5.41) is 3.32. The first-order chi connectivity index (χ1) is 23.8. The Labute approximate surface area is 316 Å². The molecule has 4 aromatic rings. The van der Waals surface area contributed by atoms with Gasteiger partial charge < -0.3 is 18.6 Å². The molecule has 0 unspecified atom stereocenters. The second kappa shape index (κ2) is 14.9. The van der Waals surface area contributed by atoms with Crippen molar-refractivity contribution in [1.29, 1.82) is 0 Å². The van der Waals surface area contributed by atoms with Crippen LogP contribution in [0.3, 0.4) is 0 Å². The Kier molecular flexibility index (Phi) is 11.8. The maximum absolute atomic E-state index is 13.5. The highest BCUT2D eigenvalue weighted by molar-refractivity contribution is 6.75. The van der Waals surface area contributed by atoms with E-state index in [1.54, 1.807) is 6.20 Å². The van der Waals surface area contributed by atoms with Gasteiger partial charge in [0, 0.05) is 11.1 Å². The summed E-state index contributed by atoms with van der Waals surface area (Å²) in [7, 11) is -5.96. The normalized spacial score (nSPS) is 13.1. The van der Waals surface area contributed by atoms with Crippen molar-refractivity contribution in [2.75, 3.05) is 5.32 Å². The molecule has 1 N–H and O–H groups in total. The van der Waals surface area contributed by atoms with Crippen molar-refractivity contribution in [1.82, 2.24) is 9.97 Å². The Morgan fingerprint density at radius 2 is 0.942 bits per heavy atom. The van der Waals surface area contributed by atoms with Crippen molar-refractivity contribution >= 4 is 36.7 Å². The van der Waals surface area contributed by atoms with E-state index in [-0.39, 0.29) is 27.4 Å². The van der Waals surface area contributed by atoms with Crippen LogP contribution in [0.15, 0.2) is 79.0 Å². The van der Waals surface area contributed by atoms with Crippen molar-refractivity contribution < 1.29 is 18.1 Å². The third-order valence-corrected chi connectivity index (χ3v) is 24.2. The zero-order chi connectivity index (χ0) is 38.9. The largest absolute Gasteiger partial charge is 0.544 e. The molecule has 0 aliphatic heterocycles. The van der Waals surface area contributed by atoms with Crippen molar-refractivity contribution in [2.24, 2.45) is 0 Å². The summed E-state index contributed by atoms with van der Waals surface area (Å²) in [5.41, 5.74) is 3.91. The molecule has 280 valence electrons. The average molecular weight is 756 g/mol. The van der Waals surface area contributed by atoms with Gasteiger partial charge in [-0.2, -0.15) is 0 Å². The molecular weight excluding hydrogens is 695 g/mol. The van der Waals surface area contributed by atoms with Crippen molar-refractivity contribution in [3.63, 3.8) is 0 Å². The molecule has 3 aromatic carbocycles. The van der Waals surface area contributed by atoms with Gasteiger partial charge in [-0.1, -0.05) is 74.4 Å². The summed E-state index contributed by atoms with van der Waals surface area (Å²) in [6, 6.07) is 23.8. The molecule has 1 heterocycles. The van der Waals surface area contributed by atoms with Gasteiger partial charge >= 0.3 is 0 Å². The summed E-state index contributed by atoms with van der Waals surface area (Å²) in [5.74, 6) is 2.74. The van der Waals surface area contributed by atoms with Gasteiger partial charge in [0.05, 0.1) is 18.3 Å². The molecule has 0 radical (unpaired) electrons. The summed E-state index contributed by atoms with van der Waals surface area (Å²) in [4.78, 5) is 23.3. The SMILES string of the molecule is CC(C)(C)[Si](C)(C)Oc1ccc(CC(=O)Nc2ncc(-c3ccc(O[Si](C)(C)C(C)(C)C)cc3)nc2-c2ccc(O[Si](C)(C)C(C)(C)C)cc2)cc1. The van der Waals surface area contributed by atoms with E-state index >= 15 is 0 Å². The number of hydrogen-bond acceptors (Lipinski definition) is 6. The highest BCUT2D eigenvalue weighted by atomic mass is 28.4. The Morgan fingerprint density at radius 1 is 0.577 bits per heavy atom. The summed E-state index contributed by atoms with van der Waals surface area (Å²) in [6.07, 6.45) is 1.91. The smallest absolute Gasteiger partial charge is 0.250 e. The van der Waals surface area contributed by atoms with E-state index in [9.17, 15) is 4.79 Å². The molecule has 0 spiro atoms. The van der Waals surface area contributed by atoms with Crippen LogP contribution >= 0.6 is 0 Å². The number of nitrogens with one attached hydrogen (secondary N) is 1. The van der Waals surface area contributed by atoms with Gasteiger partial charge in [-0.25, -0.2) is 9.97 Å². The topological polar surface area (TPSA) is 82.6 Å². The number of hydrogen-bond donors (Lipinski definition) is 1. The van der Waals surface area contributed by atoms with E-state index < -0.39 is 25.0 Å². The minimum Gasteiger partial charge on any atom is -0.544 e. The zero-order valence-corrected chi connectivity index (χ0v) is 37.2. The van der Waals surface area contributed by atoms with Gasteiger partial charge in [-0.15, -0.1) is 0 Å².